The summed E-state index contributed by atoms with van der Waals surface area (Å²) in [4.78, 5) is 4.53. The molecule has 0 saturated carbocycles. The van der Waals surface area contributed by atoms with Crippen LogP contribution in [0.5, 0.6) is 0 Å². The fourth-order valence-corrected chi connectivity index (χ4v) is 3.74. The second kappa shape index (κ2) is 9.15. The van der Waals surface area contributed by atoms with Gasteiger partial charge in [-0.2, -0.15) is 0 Å². The van der Waals surface area contributed by atoms with Crippen molar-refractivity contribution in [3.05, 3.63) is 138 Å². The van der Waals surface area contributed by atoms with Crippen molar-refractivity contribution in [2.24, 2.45) is 0 Å². The molecule has 4 aromatic rings. The molecule has 148 valence electrons. The molecule has 0 N–H and O–H groups in total. The van der Waals surface area contributed by atoms with E-state index in [9.17, 15) is 0 Å². The van der Waals surface area contributed by atoms with Crippen molar-refractivity contribution < 1.29 is 0 Å². The number of rotatable bonds is 6. The smallest absolute Gasteiger partial charge is 0.121 e. The van der Waals surface area contributed by atoms with Crippen molar-refractivity contribution in [3.8, 4) is 0 Å². The third kappa shape index (κ3) is 4.13. The van der Waals surface area contributed by atoms with Crippen LogP contribution in [0.25, 0.3) is 5.57 Å². The number of hydrogen-bond acceptors (Lipinski definition) is 2. The standard InChI is InChI=1S/C28H26N2/c1-29(25-19-11-5-12-20-25)28(30(2)26-21-13-6-14-22-26)27(23-15-7-3-8-16-23)24-17-9-4-10-18-24/h3-22H,1-2H3. The predicted octanol–water partition coefficient (Wildman–Crippen LogP) is 6.68. The number of anilines is 2. The molecule has 0 aliphatic rings. The minimum absolute atomic E-state index is 1.12. The van der Waals surface area contributed by atoms with Gasteiger partial charge in [-0.1, -0.05) is 97.1 Å². The van der Waals surface area contributed by atoms with Gasteiger partial charge in [-0.05, 0) is 35.4 Å². The molecule has 0 radical (unpaired) electrons. The van der Waals surface area contributed by atoms with Gasteiger partial charge in [0.25, 0.3) is 0 Å². The Labute approximate surface area is 179 Å². The third-order valence-electron chi connectivity index (χ3n) is 5.27. The molecule has 0 amide bonds. The Hall–Kier alpha value is -3.78. The highest BCUT2D eigenvalue weighted by atomic mass is 15.3. The highest BCUT2D eigenvalue weighted by Gasteiger charge is 2.21. The maximum absolute atomic E-state index is 2.27. The van der Waals surface area contributed by atoms with Crippen molar-refractivity contribution >= 4 is 16.9 Å². The zero-order valence-electron chi connectivity index (χ0n) is 17.4. The fraction of sp³-hybridized carbons (Fsp3) is 0.0714. The maximum atomic E-state index is 2.27. The van der Waals surface area contributed by atoms with Crippen molar-refractivity contribution in [2.45, 2.75) is 0 Å². The monoisotopic (exact) mass is 390 g/mol. The van der Waals surface area contributed by atoms with Gasteiger partial charge < -0.3 is 9.80 Å². The number of benzene rings is 4. The van der Waals surface area contributed by atoms with E-state index in [0.717, 1.165) is 17.2 Å². The van der Waals surface area contributed by atoms with Crippen molar-refractivity contribution in [1.82, 2.24) is 0 Å². The van der Waals surface area contributed by atoms with Crippen molar-refractivity contribution in [1.29, 1.82) is 0 Å². The summed E-state index contributed by atoms with van der Waals surface area (Å²) in [6, 6.07) is 42.2. The first-order valence-corrected chi connectivity index (χ1v) is 10.2. The average Bonchev–Trinajstić information content (AvgIpc) is 2.84. The first-order chi connectivity index (χ1) is 14.8. The minimum Gasteiger partial charge on any atom is -0.330 e. The Morgan fingerprint density at radius 3 is 1.07 bits per heavy atom. The van der Waals surface area contributed by atoms with Crippen LogP contribution in [0.2, 0.25) is 0 Å². The molecular weight excluding hydrogens is 364 g/mol. The summed E-state index contributed by atoms with van der Waals surface area (Å²) in [5, 5.41) is 0. The SMILES string of the molecule is CN(C(=C(c1ccccc1)c1ccccc1)N(C)c1ccccc1)c1ccccc1. The lowest BCUT2D eigenvalue weighted by molar-refractivity contribution is 0.979. The first kappa shape index (κ1) is 19.5. The molecule has 2 nitrogen and oxygen atoms in total. The molecule has 2 heteroatoms. The summed E-state index contributed by atoms with van der Waals surface area (Å²) < 4.78 is 0. The van der Waals surface area contributed by atoms with Gasteiger partial charge >= 0.3 is 0 Å². The zero-order valence-corrected chi connectivity index (χ0v) is 17.4. The van der Waals surface area contributed by atoms with Crippen LogP contribution >= 0.6 is 0 Å². The average molecular weight is 391 g/mol. The van der Waals surface area contributed by atoms with Gasteiger partial charge in [0, 0.05) is 31.0 Å². The Bertz CT molecular complexity index is 999. The largest absolute Gasteiger partial charge is 0.330 e. The van der Waals surface area contributed by atoms with E-state index in [1.54, 1.807) is 0 Å². The molecule has 30 heavy (non-hydrogen) atoms. The predicted molar refractivity (Wildman–Crippen MR) is 129 cm³/mol. The summed E-state index contributed by atoms with van der Waals surface area (Å²) in [6.07, 6.45) is 0. The van der Waals surface area contributed by atoms with Gasteiger partial charge in [-0.3, -0.25) is 0 Å². The number of para-hydroxylation sites is 2. The number of nitrogens with zero attached hydrogens (tertiary/aromatic N) is 2. The Balaban J connectivity index is 2.00. The van der Waals surface area contributed by atoms with E-state index in [1.165, 1.54) is 16.7 Å². The fourth-order valence-electron chi connectivity index (χ4n) is 3.74. The van der Waals surface area contributed by atoms with Crippen molar-refractivity contribution in [2.75, 3.05) is 23.9 Å². The van der Waals surface area contributed by atoms with Gasteiger partial charge in [0.2, 0.25) is 0 Å². The van der Waals surface area contributed by atoms with Gasteiger partial charge in [0.15, 0.2) is 0 Å². The van der Waals surface area contributed by atoms with Crippen LogP contribution in [0.1, 0.15) is 11.1 Å². The van der Waals surface area contributed by atoms with E-state index in [4.69, 9.17) is 0 Å². The Morgan fingerprint density at radius 2 is 0.733 bits per heavy atom. The summed E-state index contributed by atoms with van der Waals surface area (Å²) in [6.45, 7) is 0. The molecule has 0 fully saturated rings. The summed E-state index contributed by atoms with van der Waals surface area (Å²) in [7, 11) is 4.27. The van der Waals surface area contributed by atoms with Crippen LogP contribution in [-0.4, -0.2) is 14.1 Å². The van der Waals surface area contributed by atoms with E-state index < -0.39 is 0 Å². The Kier molecular flexibility index (Phi) is 5.95. The second-order valence-corrected chi connectivity index (χ2v) is 7.22. The summed E-state index contributed by atoms with van der Waals surface area (Å²) in [5.41, 5.74) is 5.83. The molecule has 0 saturated heterocycles. The van der Waals surface area contributed by atoms with Crippen LogP contribution in [0, 0.1) is 0 Å². The van der Waals surface area contributed by atoms with Crippen LogP contribution < -0.4 is 9.80 Å². The van der Waals surface area contributed by atoms with Crippen LogP contribution in [-0.2, 0) is 0 Å². The normalized spacial score (nSPS) is 10.3. The highest BCUT2D eigenvalue weighted by molar-refractivity contribution is 5.87. The van der Waals surface area contributed by atoms with Gasteiger partial charge in [-0.15, -0.1) is 0 Å². The van der Waals surface area contributed by atoms with E-state index >= 15 is 0 Å². The summed E-state index contributed by atoms with van der Waals surface area (Å²) >= 11 is 0. The second-order valence-electron chi connectivity index (χ2n) is 7.22. The molecule has 0 aromatic heterocycles. The first-order valence-electron chi connectivity index (χ1n) is 10.2. The molecule has 0 aliphatic carbocycles. The molecule has 0 spiro atoms. The zero-order chi connectivity index (χ0) is 20.8. The minimum atomic E-state index is 1.12. The van der Waals surface area contributed by atoms with Crippen molar-refractivity contribution in [3.63, 3.8) is 0 Å². The quantitative estimate of drug-likeness (QED) is 0.362. The molecule has 0 atom stereocenters. The molecule has 4 rings (SSSR count). The summed E-state index contributed by atoms with van der Waals surface area (Å²) in [5.74, 6) is 1.12. The third-order valence-corrected chi connectivity index (χ3v) is 5.27. The van der Waals surface area contributed by atoms with Crippen LogP contribution in [0.15, 0.2) is 127 Å². The molecule has 4 aromatic carbocycles. The van der Waals surface area contributed by atoms with E-state index in [2.05, 4.69) is 145 Å². The van der Waals surface area contributed by atoms with E-state index in [-0.39, 0.29) is 0 Å². The lowest BCUT2D eigenvalue weighted by Crippen LogP contribution is -2.32. The molecule has 0 unspecified atom stereocenters. The van der Waals surface area contributed by atoms with E-state index in [1.807, 2.05) is 0 Å². The molecular formula is C28H26N2. The lowest BCUT2D eigenvalue weighted by atomic mass is 9.96. The Morgan fingerprint density at radius 1 is 0.433 bits per heavy atom. The van der Waals surface area contributed by atoms with Crippen LogP contribution in [0.4, 0.5) is 11.4 Å². The van der Waals surface area contributed by atoms with Gasteiger partial charge in [0.1, 0.15) is 5.82 Å². The van der Waals surface area contributed by atoms with Crippen LogP contribution in [0.3, 0.4) is 0 Å². The molecule has 0 heterocycles. The lowest BCUT2D eigenvalue weighted by Gasteiger charge is -2.34. The highest BCUT2D eigenvalue weighted by Crippen LogP contribution is 2.34. The van der Waals surface area contributed by atoms with E-state index in [0.29, 0.717) is 0 Å². The molecule has 0 bridgehead atoms. The van der Waals surface area contributed by atoms with Gasteiger partial charge in [-0.25, -0.2) is 0 Å². The maximum Gasteiger partial charge on any atom is 0.121 e. The number of hydrogen-bond donors (Lipinski definition) is 0. The topological polar surface area (TPSA) is 6.48 Å². The van der Waals surface area contributed by atoms with Gasteiger partial charge in [0.05, 0.1) is 0 Å². The molecule has 0 aliphatic heterocycles.